The van der Waals surface area contributed by atoms with E-state index in [1.54, 1.807) is 29.7 Å². The number of hydrogen-bond donors (Lipinski definition) is 1. The molecule has 1 amide bonds. The Bertz CT molecular complexity index is 997. The van der Waals surface area contributed by atoms with Gasteiger partial charge in [-0.05, 0) is 30.7 Å². The number of amides is 1. The first-order valence-electron chi connectivity index (χ1n) is 9.83. The van der Waals surface area contributed by atoms with Crippen LogP contribution in [0.5, 0.6) is 0 Å². The first-order valence-corrected chi connectivity index (χ1v) is 10.6. The molecule has 0 spiro atoms. The Labute approximate surface area is 177 Å². The van der Waals surface area contributed by atoms with Gasteiger partial charge < -0.3 is 15.1 Å². The third-order valence-corrected chi connectivity index (χ3v) is 6.07. The number of aromatic nitrogens is 2. The molecule has 30 heavy (non-hydrogen) atoms. The average molecular weight is 427 g/mol. The molecule has 1 aliphatic heterocycles. The van der Waals surface area contributed by atoms with Crippen molar-refractivity contribution in [3.05, 3.63) is 52.7 Å². The van der Waals surface area contributed by atoms with Gasteiger partial charge in [0.2, 0.25) is 5.91 Å². The number of nitrogens with one attached hydrogen (secondary N) is 1. The van der Waals surface area contributed by atoms with E-state index in [9.17, 15) is 14.9 Å². The zero-order valence-electron chi connectivity index (χ0n) is 16.4. The van der Waals surface area contributed by atoms with Gasteiger partial charge in [0.1, 0.15) is 10.3 Å². The van der Waals surface area contributed by atoms with E-state index in [1.807, 2.05) is 17.0 Å². The van der Waals surface area contributed by atoms with Crippen molar-refractivity contribution in [2.75, 3.05) is 42.9 Å². The molecule has 0 saturated carbocycles. The number of rotatable bonds is 7. The Balaban J connectivity index is 1.19. The van der Waals surface area contributed by atoms with E-state index in [-0.39, 0.29) is 11.6 Å². The number of carbonyl (C=O) groups is 1. The number of nitrogens with zero attached hydrogens (tertiary/aromatic N) is 5. The third-order valence-electron chi connectivity index (χ3n) is 5.03. The van der Waals surface area contributed by atoms with Crippen LogP contribution in [0.15, 0.2) is 42.6 Å². The van der Waals surface area contributed by atoms with E-state index < -0.39 is 4.92 Å². The maximum Gasteiger partial charge on any atom is 0.269 e. The summed E-state index contributed by atoms with van der Waals surface area (Å²) in [6, 6.07) is 10.1. The van der Waals surface area contributed by atoms with Crippen molar-refractivity contribution in [3.8, 4) is 0 Å². The molecule has 9 nitrogen and oxygen atoms in total. The highest BCUT2D eigenvalue weighted by atomic mass is 32.1. The second-order valence-electron chi connectivity index (χ2n) is 7.03. The molecule has 0 radical (unpaired) electrons. The molecule has 3 aromatic rings. The Morgan fingerprint density at radius 1 is 1.17 bits per heavy atom. The molecule has 4 rings (SSSR count). The lowest BCUT2D eigenvalue weighted by atomic mass is 10.2. The van der Waals surface area contributed by atoms with Gasteiger partial charge in [-0.2, -0.15) is 0 Å². The summed E-state index contributed by atoms with van der Waals surface area (Å²) in [6.07, 6.45) is 2.96. The number of nitro groups is 1. The minimum Gasteiger partial charge on any atom is -0.385 e. The van der Waals surface area contributed by atoms with Crippen molar-refractivity contribution in [3.63, 3.8) is 0 Å². The van der Waals surface area contributed by atoms with E-state index in [2.05, 4.69) is 20.2 Å². The molecule has 1 aromatic carbocycles. The van der Waals surface area contributed by atoms with Gasteiger partial charge in [-0.15, -0.1) is 0 Å². The van der Waals surface area contributed by atoms with Crippen LogP contribution in [0.3, 0.4) is 0 Å². The minimum atomic E-state index is -0.421. The van der Waals surface area contributed by atoms with Crippen LogP contribution < -0.4 is 10.2 Å². The first-order chi connectivity index (χ1) is 14.6. The molecular weight excluding hydrogens is 404 g/mol. The summed E-state index contributed by atoms with van der Waals surface area (Å²) >= 11 is 1.59. The molecule has 1 saturated heterocycles. The summed E-state index contributed by atoms with van der Waals surface area (Å²) in [4.78, 5) is 36.8. The van der Waals surface area contributed by atoms with Crippen LogP contribution in [0, 0.1) is 10.1 Å². The molecule has 0 atom stereocenters. The second-order valence-corrected chi connectivity index (χ2v) is 7.98. The maximum atomic E-state index is 12.5. The highest BCUT2D eigenvalue weighted by Crippen LogP contribution is 2.27. The summed E-state index contributed by atoms with van der Waals surface area (Å²) in [6.45, 7) is 3.57. The minimum absolute atomic E-state index is 0.0666. The highest BCUT2D eigenvalue weighted by molar-refractivity contribution is 7.21. The van der Waals surface area contributed by atoms with Gasteiger partial charge in [-0.1, -0.05) is 11.3 Å². The Morgan fingerprint density at radius 3 is 2.63 bits per heavy atom. The molecule has 1 N–H and O–H groups in total. The van der Waals surface area contributed by atoms with Gasteiger partial charge in [0.25, 0.3) is 5.69 Å². The fourth-order valence-electron chi connectivity index (χ4n) is 3.37. The monoisotopic (exact) mass is 426 g/mol. The Hall–Kier alpha value is -3.27. The van der Waals surface area contributed by atoms with E-state index in [0.717, 1.165) is 34.3 Å². The highest BCUT2D eigenvalue weighted by Gasteiger charge is 2.22. The van der Waals surface area contributed by atoms with Gasteiger partial charge in [0.15, 0.2) is 5.13 Å². The van der Waals surface area contributed by atoms with Gasteiger partial charge >= 0.3 is 0 Å². The number of thiazole rings is 1. The molecule has 3 heterocycles. The van der Waals surface area contributed by atoms with Gasteiger partial charge in [-0.25, -0.2) is 9.97 Å². The summed E-state index contributed by atoms with van der Waals surface area (Å²) in [5.41, 5.74) is 1.79. The predicted octanol–water partition coefficient (Wildman–Crippen LogP) is 3.14. The van der Waals surface area contributed by atoms with Gasteiger partial charge in [0, 0.05) is 63.2 Å². The quantitative estimate of drug-likeness (QED) is 0.351. The number of anilines is 2. The normalized spacial score (nSPS) is 14.1. The number of pyridine rings is 1. The number of piperazine rings is 1. The third kappa shape index (κ3) is 4.65. The van der Waals surface area contributed by atoms with Crippen molar-refractivity contribution in [2.45, 2.75) is 12.8 Å². The first kappa shape index (κ1) is 20.0. The maximum absolute atomic E-state index is 12.5. The molecule has 2 aromatic heterocycles. The predicted molar refractivity (Wildman–Crippen MR) is 117 cm³/mol. The van der Waals surface area contributed by atoms with Gasteiger partial charge in [0.05, 0.1) is 4.92 Å². The molecular formula is C20H22N6O3S. The lowest BCUT2D eigenvalue weighted by molar-refractivity contribution is -0.384. The zero-order chi connectivity index (χ0) is 20.9. The number of nitro benzene ring substituents is 1. The van der Waals surface area contributed by atoms with Crippen molar-refractivity contribution in [1.29, 1.82) is 0 Å². The van der Waals surface area contributed by atoms with Crippen molar-refractivity contribution < 1.29 is 9.72 Å². The SMILES string of the molecule is O=C(CCCNc1ccc([N+](=O)[O-])cc1)N1CCN(c2nc3cccnc3s2)CC1. The van der Waals surface area contributed by atoms with Gasteiger partial charge in [-0.3, -0.25) is 14.9 Å². The van der Waals surface area contributed by atoms with E-state index in [4.69, 9.17) is 0 Å². The van der Waals surface area contributed by atoms with Crippen LogP contribution in [0.1, 0.15) is 12.8 Å². The second kappa shape index (κ2) is 9.04. The largest absolute Gasteiger partial charge is 0.385 e. The molecule has 1 fully saturated rings. The van der Waals surface area contributed by atoms with Crippen molar-refractivity contribution in [2.24, 2.45) is 0 Å². The number of non-ortho nitro benzene ring substituents is 1. The van der Waals surface area contributed by atoms with E-state index in [1.165, 1.54) is 12.1 Å². The van der Waals surface area contributed by atoms with Crippen LogP contribution >= 0.6 is 11.3 Å². The molecule has 0 unspecified atom stereocenters. The zero-order valence-corrected chi connectivity index (χ0v) is 17.2. The summed E-state index contributed by atoms with van der Waals surface area (Å²) in [5.74, 6) is 0.158. The fraction of sp³-hybridized carbons (Fsp3) is 0.350. The molecule has 0 bridgehead atoms. The summed E-state index contributed by atoms with van der Waals surface area (Å²) in [5, 5.41) is 14.8. The lowest BCUT2D eigenvalue weighted by Gasteiger charge is -2.34. The lowest BCUT2D eigenvalue weighted by Crippen LogP contribution is -2.48. The topological polar surface area (TPSA) is 104 Å². The summed E-state index contributed by atoms with van der Waals surface area (Å²) in [7, 11) is 0. The van der Waals surface area contributed by atoms with Crippen molar-refractivity contribution >= 4 is 44.1 Å². The van der Waals surface area contributed by atoms with E-state index in [0.29, 0.717) is 32.5 Å². The standard InChI is InChI=1S/C20H22N6O3S/c27-18(4-2-9-21-15-5-7-16(8-6-15)26(28)29)24-11-13-25(14-12-24)20-23-17-3-1-10-22-19(17)30-20/h1,3,5-8,10,21H,2,4,9,11-14H2. The van der Waals surface area contributed by atoms with Crippen LogP contribution in [0.4, 0.5) is 16.5 Å². The van der Waals surface area contributed by atoms with Crippen LogP contribution in [0.25, 0.3) is 10.3 Å². The van der Waals surface area contributed by atoms with Crippen LogP contribution in [-0.2, 0) is 4.79 Å². The Morgan fingerprint density at radius 2 is 1.93 bits per heavy atom. The molecule has 1 aliphatic rings. The number of hydrogen-bond acceptors (Lipinski definition) is 8. The smallest absolute Gasteiger partial charge is 0.269 e. The van der Waals surface area contributed by atoms with Crippen LogP contribution in [-0.4, -0.2) is 58.4 Å². The number of carbonyl (C=O) groups excluding carboxylic acids is 1. The number of fused-ring (bicyclic) bond motifs is 1. The van der Waals surface area contributed by atoms with E-state index >= 15 is 0 Å². The fourth-order valence-corrected chi connectivity index (χ4v) is 4.33. The van der Waals surface area contributed by atoms with Crippen molar-refractivity contribution in [1.82, 2.24) is 14.9 Å². The Kier molecular flexibility index (Phi) is 6.03. The van der Waals surface area contributed by atoms with Crippen LogP contribution in [0.2, 0.25) is 0 Å². The molecule has 10 heteroatoms. The average Bonchev–Trinajstić information content (AvgIpc) is 3.21. The number of benzene rings is 1. The summed E-state index contributed by atoms with van der Waals surface area (Å²) < 4.78 is 0. The molecule has 0 aliphatic carbocycles. The molecule has 156 valence electrons.